The highest BCUT2D eigenvalue weighted by atomic mass is 33.1. The maximum atomic E-state index is 13.4. The van der Waals surface area contributed by atoms with Crippen LogP contribution in [0.3, 0.4) is 0 Å². The minimum Gasteiger partial charge on any atom is -0.478 e. The molecule has 1 saturated heterocycles. The summed E-state index contributed by atoms with van der Waals surface area (Å²) >= 11 is 0. The van der Waals surface area contributed by atoms with Crippen molar-refractivity contribution in [2.24, 2.45) is 0 Å². The second-order valence-corrected chi connectivity index (χ2v) is 34.2. The minimum absolute atomic E-state index is 0.0108. The second-order valence-electron chi connectivity index (χ2n) is 21.4. The van der Waals surface area contributed by atoms with Crippen LogP contribution in [-0.2, 0) is 80.2 Å². The van der Waals surface area contributed by atoms with Crippen molar-refractivity contribution in [3.63, 3.8) is 0 Å². The van der Waals surface area contributed by atoms with E-state index in [0.29, 0.717) is 31.8 Å². The molecular weight excluding hydrogens is 1520 g/mol. The highest BCUT2D eigenvalue weighted by Gasteiger charge is 2.44. The molecule has 0 saturated carbocycles. The number of carbonyl (C=O) groups is 4. The predicted octanol–water partition coefficient (Wildman–Crippen LogP) is 4.31. The van der Waals surface area contributed by atoms with Crippen molar-refractivity contribution >= 4 is 135 Å². The summed E-state index contributed by atoms with van der Waals surface area (Å²) in [5.41, 5.74) is 9.49. The average molecular weight is 1600 g/mol. The standard InChI is InChI=1S/C55H72N7O30P3S6/c1-5-96-97-32-87-41-28-43(89-42(41)30-88-94(72,73)92-95(74,75)91-93(69,70)71)62-29-35(49(57)61-52(62)66)9-8-17-59-53(67)85-21-7-6-20-84-31-98-99-55(3,4)16-22-86-54(68)60-19-24-83-26-25-82-23-18-58-50(63)34-11-13-36(51(64)65)39(27-34)44-37-12-10-33(2)47(100(76,77)78)45(37)90-46-38(44)14-15-40(56)48(46)101(79,80)81/h10-15,27,29,41-43H,2,5-7,16-26,28,30-32,56H2,1,3-4H3,(H,58,63)(H,59,67)(H,60,68)(H,64,65)(H,72,73)(H,74,75)(H2,57,61,66)(H2,69,70,71)(H,76,77,78)(H,79,80,81)/t41-,42+,43+/m0/s1. The van der Waals surface area contributed by atoms with Gasteiger partial charge in [0.15, 0.2) is 16.4 Å². The number of ether oxygens (including phenoxy) is 8. The molecule has 46 heteroatoms. The van der Waals surface area contributed by atoms with E-state index in [1.54, 1.807) is 10.8 Å². The zero-order valence-electron chi connectivity index (χ0n) is 53.6. The van der Waals surface area contributed by atoms with Crippen molar-refractivity contribution in [2.75, 3.05) is 102 Å². The first-order valence-corrected chi connectivity index (χ1v) is 41.7. The number of benzene rings is 3. The summed E-state index contributed by atoms with van der Waals surface area (Å²) in [5, 5.41) is 17.5. The Morgan fingerprint density at radius 3 is 2.14 bits per heavy atom. The van der Waals surface area contributed by atoms with Gasteiger partial charge in [-0.25, -0.2) is 32.9 Å². The van der Waals surface area contributed by atoms with Crippen molar-refractivity contribution in [3.8, 4) is 23.3 Å². The molecule has 0 aliphatic carbocycles. The van der Waals surface area contributed by atoms with E-state index in [-0.39, 0.29) is 120 Å². The molecular formula is C55H72N7O30P3S6. The summed E-state index contributed by atoms with van der Waals surface area (Å²) in [7, 11) is -21.5. The Hall–Kier alpha value is -5.85. The molecule has 101 heavy (non-hydrogen) atoms. The fourth-order valence-electron chi connectivity index (χ4n) is 9.05. The van der Waals surface area contributed by atoms with Gasteiger partial charge in [-0.15, -0.1) is 0 Å². The number of unbranched alkanes of at least 4 members (excludes halogenated alkanes) is 1. The van der Waals surface area contributed by atoms with Crippen LogP contribution in [0.15, 0.2) is 63.2 Å². The number of alkyl carbamates (subject to hydrolysis) is 2. The SMILES string of the molecule is C=c1ccc2c(c1S(=O)(=O)O)Oc1c(ccc(N)c1S(=O)(=O)O)C=2c1cc(C(=O)NCCOCCOCCNC(=O)OCCC(C)(C)SSCOCCCCOC(=O)NCC#Cc2cn([C@H]3C[C@H](OCSSCC)[C@@H](COP(=O)(O)OP(=O)(O)OP(=O)(O)O)O3)c(=O)nc2N)ccc1C(=O)O. The molecule has 0 radical (unpaired) electrons. The van der Waals surface area contributed by atoms with E-state index in [4.69, 9.17) is 63.7 Å². The van der Waals surface area contributed by atoms with Crippen LogP contribution in [0.25, 0.3) is 12.2 Å². The third kappa shape index (κ3) is 26.7. The van der Waals surface area contributed by atoms with Gasteiger partial charge in [-0.3, -0.25) is 23.0 Å². The highest BCUT2D eigenvalue weighted by Crippen LogP contribution is 2.66. The first kappa shape index (κ1) is 84.1. The summed E-state index contributed by atoms with van der Waals surface area (Å²) in [6.45, 7) is 9.48. The number of nitrogens with zero attached hydrogens (tertiary/aromatic N) is 2. The number of phosphoric acid groups is 3. The molecule has 0 spiro atoms. The van der Waals surface area contributed by atoms with Crippen molar-refractivity contribution in [3.05, 3.63) is 97.4 Å². The Balaban J connectivity index is 0.813. The van der Waals surface area contributed by atoms with Crippen molar-refractivity contribution in [1.29, 1.82) is 0 Å². The van der Waals surface area contributed by atoms with E-state index in [1.807, 2.05) is 20.8 Å². The molecule has 2 unspecified atom stereocenters. The summed E-state index contributed by atoms with van der Waals surface area (Å²) in [6, 6.07) is 8.30. The quantitative estimate of drug-likeness (QED) is 0.00494. The normalized spacial score (nSPS) is 16.5. The van der Waals surface area contributed by atoms with Crippen LogP contribution in [0.2, 0.25) is 0 Å². The van der Waals surface area contributed by atoms with E-state index in [0.717, 1.165) is 22.5 Å². The van der Waals surface area contributed by atoms with E-state index in [2.05, 4.69) is 48.0 Å². The Morgan fingerprint density at radius 2 is 1.47 bits per heavy atom. The minimum atomic E-state index is -5.80. The van der Waals surface area contributed by atoms with Crippen LogP contribution in [-0.4, -0.2) is 191 Å². The number of carbonyl (C=O) groups excluding carboxylic acids is 3. The van der Waals surface area contributed by atoms with Crippen LogP contribution < -0.4 is 48.3 Å². The molecule has 37 nitrogen and oxygen atoms in total. The van der Waals surface area contributed by atoms with Crippen molar-refractivity contribution in [2.45, 2.75) is 79.4 Å². The number of anilines is 2. The third-order valence-electron chi connectivity index (χ3n) is 13.4. The maximum absolute atomic E-state index is 13.4. The van der Waals surface area contributed by atoms with Gasteiger partial charge in [0.05, 0.1) is 75.7 Å². The van der Waals surface area contributed by atoms with Gasteiger partial charge in [0.2, 0.25) is 0 Å². The Bertz CT molecular complexity index is 4300. The van der Waals surface area contributed by atoms with Crippen LogP contribution in [0.1, 0.15) is 90.1 Å². The number of rotatable bonds is 40. The number of aromatic nitrogens is 2. The fraction of sp³-hybridized carbons (Fsp3) is 0.455. The first-order chi connectivity index (χ1) is 47.4. The number of nitrogens with one attached hydrogen (secondary N) is 3. The molecule has 14 N–H and O–H groups in total. The Morgan fingerprint density at radius 1 is 0.792 bits per heavy atom. The van der Waals surface area contributed by atoms with Gasteiger partial charge in [0.25, 0.3) is 26.1 Å². The van der Waals surface area contributed by atoms with E-state index < -0.39 is 131 Å². The number of aromatic carboxylic acids is 1. The van der Waals surface area contributed by atoms with Gasteiger partial charge < -0.3 is 90.0 Å². The van der Waals surface area contributed by atoms with Gasteiger partial charge in [-0.05, 0) is 80.3 Å². The molecule has 3 amide bonds. The maximum Gasteiger partial charge on any atom is 0.490 e. The summed E-state index contributed by atoms with van der Waals surface area (Å²) < 4.78 is 164. The van der Waals surface area contributed by atoms with Crippen molar-refractivity contribution in [1.82, 2.24) is 25.5 Å². The Labute approximate surface area is 592 Å². The predicted molar refractivity (Wildman–Crippen MR) is 367 cm³/mol. The lowest BCUT2D eigenvalue weighted by atomic mass is 9.88. The van der Waals surface area contributed by atoms with Crippen LogP contribution in [0.5, 0.6) is 11.5 Å². The smallest absolute Gasteiger partial charge is 0.478 e. The number of hydrogen-bond donors (Lipinski definition) is 12. The number of nitrogens with two attached hydrogens (primary N) is 2. The summed E-state index contributed by atoms with van der Waals surface area (Å²) in [5.74, 6) is 2.76. The van der Waals surface area contributed by atoms with Crippen LogP contribution >= 0.6 is 66.6 Å². The summed E-state index contributed by atoms with van der Waals surface area (Å²) in [6.07, 6.45) is -1.92. The monoisotopic (exact) mass is 1600 g/mol. The molecule has 1 fully saturated rings. The van der Waals surface area contributed by atoms with Crippen LogP contribution in [0.4, 0.5) is 21.1 Å². The second kappa shape index (κ2) is 38.2. The molecule has 6 rings (SSSR count). The molecule has 2 aliphatic rings. The molecule has 5 atom stereocenters. The number of carboxylic acid groups (broad SMARTS) is 1. The number of nitrogen functional groups attached to an aromatic ring is 2. The number of hydrogen-bond acceptors (Lipinski definition) is 30. The zero-order chi connectivity index (χ0) is 74.5. The lowest BCUT2D eigenvalue weighted by Gasteiger charge is -2.25. The number of fused-ring (bicyclic) bond motifs is 2. The molecule has 3 heterocycles. The van der Waals surface area contributed by atoms with E-state index >= 15 is 0 Å². The lowest BCUT2D eigenvalue weighted by molar-refractivity contribution is -0.0543. The molecule has 558 valence electrons. The number of carboxylic acids is 1. The first-order valence-electron chi connectivity index (χ1n) is 29.5. The van der Waals surface area contributed by atoms with Gasteiger partial charge >= 0.3 is 47.3 Å². The largest absolute Gasteiger partial charge is 0.490 e. The molecule has 0 bridgehead atoms. The van der Waals surface area contributed by atoms with Gasteiger partial charge in [-0.2, -0.15) is 30.4 Å². The summed E-state index contributed by atoms with van der Waals surface area (Å²) in [4.78, 5) is 103. The molecule has 2 aliphatic heterocycles. The van der Waals surface area contributed by atoms with Crippen LogP contribution in [0, 0.1) is 11.8 Å². The van der Waals surface area contributed by atoms with Gasteiger partial charge in [0, 0.05) is 64.7 Å². The van der Waals surface area contributed by atoms with Crippen molar-refractivity contribution < 1.29 is 135 Å². The number of phosphoric ester groups is 1. The third-order valence-corrected chi connectivity index (χ3v) is 24.3. The van der Waals surface area contributed by atoms with E-state index in [1.165, 1.54) is 68.9 Å². The number of amides is 3. The molecule has 1 aromatic heterocycles. The molecule has 4 aromatic rings. The van der Waals surface area contributed by atoms with Gasteiger partial charge in [0.1, 0.15) is 34.9 Å². The molecule has 3 aromatic carbocycles. The van der Waals surface area contributed by atoms with Gasteiger partial charge in [-0.1, -0.05) is 74.6 Å². The Kier molecular flexibility index (Phi) is 31.8. The zero-order valence-corrected chi connectivity index (χ0v) is 61.2. The topological polar surface area (TPSA) is 554 Å². The average Bonchev–Trinajstić information content (AvgIpc) is 1.01. The highest BCUT2D eigenvalue weighted by molar-refractivity contribution is 8.77. The fourth-order valence-corrected chi connectivity index (χ4v) is 17.2. The van der Waals surface area contributed by atoms with E-state index in [9.17, 15) is 78.5 Å². The lowest BCUT2D eigenvalue weighted by Crippen LogP contribution is -2.30.